The number of hydrogen-bond acceptors (Lipinski definition) is 7. The second kappa shape index (κ2) is 12.2. The fourth-order valence-electron chi connectivity index (χ4n) is 6.88. The molecule has 1 spiro atoms. The first-order valence-corrected chi connectivity index (χ1v) is 15.6. The van der Waals surface area contributed by atoms with Crippen LogP contribution in [0, 0.1) is 22.7 Å². The van der Waals surface area contributed by atoms with E-state index in [-0.39, 0.29) is 5.41 Å². The molecule has 3 aromatic rings. The van der Waals surface area contributed by atoms with Crippen LogP contribution in [0.25, 0.3) is 0 Å². The molecule has 3 aliphatic rings. The van der Waals surface area contributed by atoms with E-state index in [1.54, 1.807) is 6.07 Å². The Hall–Kier alpha value is -3.18. The van der Waals surface area contributed by atoms with Crippen molar-refractivity contribution in [3.05, 3.63) is 82.1 Å². The van der Waals surface area contributed by atoms with E-state index in [1.165, 1.54) is 58.4 Å². The van der Waals surface area contributed by atoms with Gasteiger partial charge in [-0.25, -0.2) is 9.97 Å². The van der Waals surface area contributed by atoms with Crippen LogP contribution >= 0.6 is 11.6 Å². The van der Waals surface area contributed by atoms with E-state index >= 15 is 0 Å². The van der Waals surface area contributed by atoms with Gasteiger partial charge in [0, 0.05) is 49.4 Å². The molecule has 0 radical (unpaired) electrons. The summed E-state index contributed by atoms with van der Waals surface area (Å²) in [4.78, 5) is 14.5. The second-order valence-electron chi connectivity index (χ2n) is 13.0. The smallest absolute Gasteiger partial charge is 0.225 e. The van der Waals surface area contributed by atoms with Crippen LogP contribution in [0.4, 0.5) is 5.95 Å². The van der Waals surface area contributed by atoms with E-state index < -0.39 is 0 Å². The van der Waals surface area contributed by atoms with Gasteiger partial charge in [0.2, 0.25) is 5.95 Å². The molecule has 2 aromatic carbocycles. The molecule has 0 atom stereocenters. The Morgan fingerprint density at radius 3 is 2.50 bits per heavy atom. The SMILES string of the molecule is CC(C)(c1ccc(OCc2ccnc(N3CCC4(CC3)CN(CC3CCNCC3)C4)n2)cc1)c1cc(Cl)cc(C#N)c1. The summed E-state index contributed by atoms with van der Waals surface area (Å²) in [6.45, 7) is 12.9. The van der Waals surface area contributed by atoms with Crippen LogP contribution in [-0.4, -0.2) is 60.7 Å². The van der Waals surface area contributed by atoms with Crippen LogP contribution in [0.5, 0.6) is 5.75 Å². The molecule has 0 unspecified atom stereocenters. The Kier molecular flexibility index (Phi) is 8.40. The van der Waals surface area contributed by atoms with Crippen LogP contribution in [0.15, 0.2) is 54.7 Å². The predicted molar refractivity (Wildman–Crippen MR) is 167 cm³/mol. The zero-order chi connectivity index (χ0) is 29.2. The molecule has 220 valence electrons. The van der Waals surface area contributed by atoms with Crippen molar-refractivity contribution in [2.24, 2.45) is 11.3 Å². The number of nitriles is 1. The molecule has 0 amide bonds. The van der Waals surface area contributed by atoms with Gasteiger partial charge >= 0.3 is 0 Å². The molecular formula is C34H41ClN6O. The molecule has 3 aliphatic heterocycles. The first-order chi connectivity index (χ1) is 20.3. The lowest BCUT2D eigenvalue weighted by Crippen LogP contribution is -2.61. The Bertz CT molecular complexity index is 1410. The topological polar surface area (TPSA) is 77.3 Å². The number of anilines is 1. The molecule has 3 fully saturated rings. The van der Waals surface area contributed by atoms with Crippen LogP contribution < -0.4 is 15.0 Å². The van der Waals surface area contributed by atoms with Gasteiger partial charge < -0.3 is 19.9 Å². The first-order valence-electron chi connectivity index (χ1n) is 15.3. The van der Waals surface area contributed by atoms with E-state index in [1.807, 2.05) is 36.5 Å². The maximum absolute atomic E-state index is 9.35. The van der Waals surface area contributed by atoms with Crippen LogP contribution in [0.2, 0.25) is 5.02 Å². The third-order valence-electron chi connectivity index (χ3n) is 9.61. The highest BCUT2D eigenvalue weighted by Gasteiger charge is 2.45. The molecule has 1 aromatic heterocycles. The van der Waals surface area contributed by atoms with Crippen molar-refractivity contribution in [1.29, 1.82) is 5.26 Å². The fraction of sp³-hybridized carbons (Fsp3) is 0.500. The van der Waals surface area contributed by atoms with Crippen molar-refractivity contribution in [3.8, 4) is 11.8 Å². The minimum atomic E-state index is -0.311. The summed E-state index contributed by atoms with van der Waals surface area (Å²) in [5.41, 5.74) is 3.75. The van der Waals surface area contributed by atoms with Gasteiger partial charge in [-0.05, 0) is 97.6 Å². The molecular weight excluding hydrogens is 544 g/mol. The van der Waals surface area contributed by atoms with Gasteiger partial charge in [0.05, 0.1) is 17.3 Å². The minimum Gasteiger partial charge on any atom is -0.487 e. The van der Waals surface area contributed by atoms with E-state index in [2.05, 4.69) is 52.2 Å². The summed E-state index contributed by atoms with van der Waals surface area (Å²) < 4.78 is 6.11. The van der Waals surface area contributed by atoms with Gasteiger partial charge in [-0.2, -0.15) is 5.26 Å². The number of ether oxygens (including phenoxy) is 1. The molecule has 0 saturated carbocycles. The largest absolute Gasteiger partial charge is 0.487 e. The number of benzene rings is 2. The van der Waals surface area contributed by atoms with E-state index in [0.29, 0.717) is 22.6 Å². The van der Waals surface area contributed by atoms with Crippen molar-refractivity contribution in [2.45, 2.75) is 51.6 Å². The maximum Gasteiger partial charge on any atom is 0.225 e. The second-order valence-corrected chi connectivity index (χ2v) is 13.4. The third kappa shape index (κ3) is 6.41. The Labute approximate surface area is 254 Å². The number of hydrogen-bond donors (Lipinski definition) is 1. The molecule has 6 rings (SSSR count). The van der Waals surface area contributed by atoms with Crippen LogP contribution in [-0.2, 0) is 12.0 Å². The number of aromatic nitrogens is 2. The first kappa shape index (κ1) is 28.9. The molecule has 0 bridgehead atoms. The minimum absolute atomic E-state index is 0.311. The number of nitrogens with one attached hydrogen (secondary N) is 1. The summed E-state index contributed by atoms with van der Waals surface area (Å²) in [6, 6.07) is 17.8. The highest BCUT2D eigenvalue weighted by atomic mass is 35.5. The molecule has 8 heteroatoms. The average molecular weight is 585 g/mol. The predicted octanol–water partition coefficient (Wildman–Crippen LogP) is 5.81. The monoisotopic (exact) mass is 584 g/mol. The lowest BCUT2D eigenvalue weighted by Gasteiger charge is -2.55. The van der Waals surface area contributed by atoms with E-state index in [4.69, 9.17) is 21.3 Å². The molecule has 0 aliphatic carbocycles. The number of rotatable bonds is 8. The number of piperidine rings is 2. The maximum atomic E-state index is 9.35. The number of nitrogens with zero attached hydrogens (tertiary/aromatic N) is 5. The summed E-state index contributed by atoms with van der Waals surface area (Å²) in [7, 11) is 0. The third-order valence-corrected chi connectivity index (χ3v) is 9.83. The Morgan fingerprint density at radius 1 is 1.05 bits per heavy atom. The van der Waals surface area contributed by atoms with Crippen molar-refractivity contribution >= 4 is 17.5 Å². The van der Waals surface area contributed by atoms with E-state index in [9.17, 15) is 5.26 Å². The van der Waals surface area contributed by atoms with Crippen molar-refractivity contribution in [2.75, 3.05) is 50.7 Å². The quantitative estimate of drug-likeness (QED) is 0.358. The van der Waals surface area contributed by atoms with Gasteiger partial charge in [0.15, 0.2) is 0 Å². The van der Waals surface area contributed by atoms with Gasteiger partial charge in [-0.15, -0.1) is 0 Å². The number of halogens is 1. The summed E-state index contributed by atoms with van der Waals surface area (Å²) in [6.07, 6.45) is 6.94. The normalized spacial score (nSPS) is 19.3. The van der Waals surface area contributed by atoms with Crippen molar-refractivity contribution in [1.82, 2.24) is 20.2 Å². The highest BCUT2D eigenvalue weighted by Crippen LogP contribution is 2.41. The standard InChI is InChI=1S/C34H41ClN6O/c1-33(2,28-17-26(20-36)18-29(35)19-28)27-3-5-31(6-4-27)42-22-30-9-14-38-32(39-30)41-15-10-34(11-16-41)23-40(24-34)21-25-7-12-37-13-8-25/h3-6,9,14,17-19,25,37H,7-8,10-13,15-16,21-24H2,1-2H3. The van der Waals surface area contributed by atoms with Crippen LogP contribution in [0.3, 0.4) is 0 Å². The fourth-order valence-corrected chi connectivity index (χ4v) is 7.12. The van der Waals surface area contributed by atoms with Gasteiger partial charge in [-0.3, -0.25) is 0 Å². The highest BCUT2D eigenvalue weighted by molar-refractivity contribution is 6.30. The van der Waals surface area contributed by atoms with Crippen molar-refractivity contribution in [3.63, 3.8) is 0 Å². The Balaban J connectivity index is 1.01. The average Bonchev–Trinajstić information content (AvgIpc) is 3.00. The zero-order valence-electron chi connectivity index (χ0n) is 24.8. The van der Waals surface area contributed by atoms with Gasteiger partial charge in [-0.1, -0.05) is 37.6 Å². The van der Waals surface area contributed by atoms with Gasteiger partial charge in [0.1, 0.15) is 12.4 Å². The summed E-state index contributed by atoms with van der Waals surface area (Å²) >= 11 is 6.28. The van der Waals surface area contributed by atoms with Crippen LogP contribution in [0.1, 0.15) is 61.9 Å². The molecule has 7 nitrogen and oxygen atoms in total. The summed E-state index contributed by atoms with van der Waals surface area (Å²) in [5.74, 6) is 2.48. The van der Waals surface area contributed by atoms with E-state index in [0.717, 1.165) is 47.5 Å². The molecule has 42 heavy (non-hydrogen) atoms. The lowest BCUT2D eigenvalue weighted by molar-refractivity contribution is -0.0298. The summed E-state index contributed by atoms with van der Waals surface area (Å²) in [5, 5.41) is 13.4. The molecule has 4 heterocycles. The lowest BCUT2D eigenvalue weighted by atomic mass is 9.71. The van der Waals surface area contributed by atoms with Crippen molar-refractivity contribution < 1.29 is 4.74 Å². The molecule has 3 saturated heterocycles. The van der Waals surface area contributed by atoms with Gasteiger partial charge in [0.25, 0.3) is 0 Å². The Morgan fingerprint density at radius 2 is 1.79 bits per heavy atom. The molecule has 1 N–H and O–H groups in total. The zero-order valence-corrected chi connectivity index (χ0v) is 25.5. The number of likely N-dealkylation sites (tertiary alicyclic amines) is 1.